The van der Waals surface area contributed by atoms with Gasteiger partial charge in [-0.3, -0.25) is 9.59 Å². The summed E-state index contributed by atoms with van der Waals surface area (Å²) < 4.78 is 1.79. The third kappa shape index (κ3) is 2.72. The number of hydrogen-bond acceptors (Lipinski definition) is 3. The van der Waals surface area contributed by atoms with E-state index in [0.717, 1.165) is 38.6 Å². The zero-order valence-electron chi connectivity index (χ0n) is 14.2. The summed E-state index contributed by atoms with van der Waals surface area (Å²) in [6.45, 7) is 2.53. The van der Waals surface area contributed by atoms with Crippen molar-refractivity contribution in [1.29, 1.82) is 0 Å². The molecule has 1 spiro atoms. The molecule has 1 aromatic rings. The van der Waals surface area contributed by atoms with Crippen LogP contribution in [-0.4, -0.2) is 56.8 Å². The molecule has 3 fully saturated rings. The van der Waals surface area contributed by atoms with Crippen molar-refractivity contribution in [3.63, 3.8) is 0 Å². The molecular formula is C18H26N4O2. The highest BCUT2D eigenvalue weighted by Gasteiger charge is 2.50. The molecular weight excluding hydrogens is 304 g/mol. The quantitative estimate of drug-likeness (QED) is 0.847. The first kappa shape index (κ1) is 15.7. The van der Waals surface area contributed by atoms with Crippen molar-refractivity contribution in [3.8, 4) is 0 Å². The van der Waals surface area contributed by atoms with Crippen LogP contribution < -0.4 is 0 Å². The van der Waals surface area contributed by atoms with Crippen LogP contribution in [0.25, 0.3) is 0 Å². The largest absolute Gasteiger partial charge is 0.340 e. The summed E-state index contributed by atoms with van der Waals surface area (Å²) in [7, 11) is 0. The SMILES string of the molecule is O=C(Cn1ccnc1)N1CC[C@]2(CCCN(C3CCCC3)C2=O)C1. The molecule has 3 heterocycles. The summed E-state index contributed by atoms with van der Waals surface area (Å²) in [5.74, 6) is 0.411. The molecule has 2 aliphatic heterocycles. The lowest BCUT2D eigenvalue weighted by molar-refractivity contribution is -0.148. The number of amides is 2. The van der Waals surface area contributed by atoms with E-state index in [9.17, 15) is 9.59 Å². The highest BCUT2D eigenvalue weighted by Crippen LogP contribution is 2.42. The fourth-order valence-electron chi connectivity index (χ4n) is 4.77. The molecule has 1 aliphatic carbocycles. The van der Waals surface area contributed by atoms with Crippen LogP contribution in [0.5, 0.6) is 0 Å². The number of imidazole rings is 1. The molecule has 3 aliphatic rings. The molecule has 0 radical (unpaired) electrons. The number of hydrogen-bond donors (Lipinski definition) is 0. The highest BCUT2D eigenvalue weighted by molar-refractivity contribution is 5.86. The van der Waals surface area contributed by atoms with Crippen molar-refractivity contribution in [2.75, 3.05) is 19.6 Å². The molecule has 1 saturated carbocycles. The standard InChI is InChI=1S/C18H26N4O2/c23-16(12-20-11-8-19-14-20)21-10-7-18(13-21)6-3-9-22(17(18)24)15-4-1-2-5-15/h8,11,14-15H,1-7,9-10,12-13H2/t18-/m1/s1. The van der Waals surface area contributed by atoms with Gasteiger partial charge in [-0.15, -0.1) is 0 Å². The molecule has 1 aromatic heterocycles. The number of piperidine rings is 1. The molecule has 0 bridgehead atoms. The van der Waals surface area contributed by atoms with Gasteiger partial charge in [0.05, 0.1) is 11.7 Å². The fourth-order valence-corrected chi connectivity index (χ4v) is 4.77. The summed E-state index contributed by atoms with van der Waals surface area (Å²) in [5, 5.41) is 0. The van der Waals surface area contributed by atoms with Crippen molar-refractivity contribution in [1.82, 2.24) is 19.4 Å². The molecule has 6 heteroatoms. The summed E-state index contributed by atoms with van der Waals surface area (Å²) in [6, 6.07) is 0.449. The van der Waals surface area contributed by atoms with Gasteiger partial charge in [0, 0.05) is 38.1 Å². The van der Waals surface area contributed by atoms with Gasteiger partial charge >= 0.3 is 0 Å². The van der Waals surface area contributed by atoms with Crippen LogP contribution in [0.2, 0.25) is 0 Å². The van der Waals surface area contributed by atoms with E-state index in [1.54, 1.807) is 23.3 Å². The van der Waals surface area contributed by atoms with Crippen LogP contribution in [0.1, 0.15) is 44.9 Å². The van der Waals surface area contributed by atoms with E-state index in [0.29, 0.717) is 31.6 Å². The molecule has 2 saturated heterocycles. The van der Waals surface area contributed by atoms with Gasteiger partial charge < -0.3 is 14.4 Å². The predicted molar refractivity (Wildman–Crippen MR) is 89.1 cm³/mol. The van der Waals surface area contributed by atoms with Gasteiger partial charge in [-0.05, 0) is 32.1 Å². The van der Waals surface area contributed by atoms with E-state index in [2.05, 4.69) is 9.88 Å². The Balaban J connectivity index is 1.43. The fraction of sp³-hybridized carbons (Fsp3) is 0.722. The van der Waals surface area contributed by atoms with E-state index in [4.69, 9.17) is 0 Å². The van der Waals surface area contributed by atoms with E-state index in [1.807, 2.05) is 4.90 Å². The van der Waals surface area contributed by atoms with Crippen LogP contribution in [0.3, 0.4) is 0 Å². The molecule has 6 nitrogen and oxygen atoms in total. The Kier molecular flexibility index (Phi) is 4.06. The number of rotatable bonds is 3. The van der Waals surface area contributed by atoms with Crippen LogP contribution in [-0.2, 0) is 16.1 Å². The zero-order valence-corrected chi connectivity index (χ0v) is 14.2. The maximum Gasteiger partial charge on any atom is 0.242 e. The number of carbonyl (C=O) groups excluding carboxylic acids is 2. The first-order chi connectivity index (χ1) is 11.7. The third-order valence-electron chi connectivity index (χ3n) is 6.12. The summed E-state index contributed by atoms with van der Waals surface area (Å²) >= 11 is 0. The number of likely N-dealkylation sites (tertiary alicyclic amines) is 2. The smallest absolute Gasteiger partial charge is 0.242 e. The van der Waals surface area contributed by atoms with Crippen molar-refractivity contribution in [3.05, 3.63) is 18.7 Å². The summed E-state index contributed by atoms with van der Waals surface area (Å²) in [4.78, 5) is 33.8. The molecule has 130 valence electrons. The minimum atomic E-state index is -0.314. The lowest BCUT2D eigenvalue weighted by atomic mass is 9.77. The van der Waals surface area contributed by atoms with Crippen molar-refractivity contribution < 1.29 is 9.59 Å². The molecule has 0 aromatic carbocycles. The lowest BCUT2D eigenvalue weighted by Gasteiger charge is -2.42. The Morgan fingerprint density at radius 1 is 1.21 bits per heavy atom. The van der Waals surface area contributed by atoms with Gasteiger partial charge in [0.15, 0.2) is 0 Å². The first-order valence-electron chi connectivity index (χ1n) is 9.23. The topological polar surface area (TPSA) is 58.4 Å². The normalized spacial score (nSPS) is 28.2. The number of aromatic nitrogens is 2. The predicted octanol–water partition coefficient (Wildman–Crippen LogP) is 1.67. The van der Waals surface area contributed by atoms with Gasteiger partial charge in [0.25, 0.3) is 0 Å². The van der Waals surface area contributed by atoms with Crippen LogP contribution in [0.15, 0.2) is 18.7 Å². The van der Waals surface area contributed by atoms with Gasteiger partial charge in [-0.2, -0.15) is 0 Å². The second-order valence-electron chi connectivity index (χ2n) is 7.62. The Morgan fingerprint density at radius 3 is 2.79 bits per heavy atom. The average Bonchev–Trinajstić information content (AvgIpc) is 3.32. The minimum Gasteiger partial charge on any atom is -0.340 e. The second-order valence-corrected chi connectivity index (χ2v) is 7.62. The molecule has 0 unspecified atom stereocenters. The average molecular weight is 330 g/mol. The monoisotopic (exact) mass is 330 g/mol. The van der Waals surface area contributed by atoms with Crippen molar-refractivity contribution in [2.24, 2.45) is 5.41 Å². The van der Waals surface area contributed by atoms with E-state index in [-0.39, 0.29) is 11.3 Å². The van der Waals surface area contributed by atoms with Crippen LogP contribution in [0, 0.1) is 5.41 Å². The number of nitrogens with zero attached hydrogens (tertiary/aromatic N) is 4. The Hall–Kier alpha value is -1.85. The lowest BCUT2D eigenvalue weighted by Crippen LogP contribution is -2.53. The highest BCUT2D eigenvalue weighted by atomic mass is 16.2. The van der Waals surface area contributed by atoms with Crippen LogP contribution in [0.4, 0.5) is 0 Å². The zero-order chi connectivity index (χ0) is 16.6. The molecule has 1 atom stereocenters. The van der Waals surface area contributed by atoms with Gasteiger partial charge in [-0.1, -0.05) is 12.8 Å². The Morgan fingerprint density at radius 2 is 2.04 bits per heavy atom. The van der Waals surface area contributed by atoms with Crippen molar-refractivity contribution in [2.45, 2.75) is 57.5 Å². The van der Waals surface area contributed by atoms with Gasteiger partial charge in [-0.25, -0.2) is 4.98 Å². The van der Waals surface area contributed by atoms with E-state index in [1.165, 1.54) is 12.8 Å². The van der Waals surface area contributed by atoms with Crippen LogP contribution >= 0.6 is 0 Å². The van der Waals surface area contributed by atoms with Crippen molar-refractivity contribution >= 4 is 11.8 Å². The molecule has 2 amide bonds. The van der Waals surface area contributed by atoms with E-state index < -0.39 is 0 Å². The summed E-state index contributed by atoms with van der Waals surface area (Å²) in [5.41, 5.74) is -0.314. The van der Waals surface area contributed by atoms with Gasteiger partial charge in [0.1, 0.15) is 6.54 Å². The second kappa shape index (κ2) is 6.22. The third-order valence-corrected chi connectivity index (χ3v) is 6.12. The maximum absolute atomic E-state index is 13.2. The minimum absolute atomic E-state index is 0.0932. The van der Waals surface area contributed by atoms with E-state index >= 15 is 0 Å². The molecule has 4 rings (SSSR count). The Bertz CT molecular complexity index is 609. The maximum atomic E-state index is 13.2. The Labute approximate surface area is 142 Å². The summed E-state index contributed by atoms with van der Waals surface area (Å²) in [6.07, 6.45) is 12.8. The number of carbonyl (C=O) groups is 2. The molecule has 24 heavy (non-hydrogen) atoms. The van der Waals surface area contributed by atoms with Gasteiger partial charge in [0.2, 0.25) is 11.8 Å². The molecule has 0 N–H and O–H groups in total. The first-order valence-corrected chi connectivity index (χ1v) is 9.23.